The Morgan fingerprint density at radius 3 is 2.93 bits per heavy atom. The fourth-order valence-corrected chi connectivity index (χ4v) is 3.39. The van der Waals surface area contributed by atoms with Crippen LogP contribution in [-0.4, -0.2) is 44.0 Å². The molecule has 0 aliphatic carbocycles. The normalized spacial score (nSPS) is 16.8. The van der Waals surface area contributed by atoms with E-state index in [-0.39, 0.29) is 29.8 Å². The Kier molecular flexibility index (Phi) is 4.96. The molecule has 3 aromatic heterocycles. The lowest BCUT2D eigenvalue weighted by Crippen LogP contribution is -2.34. The molecule has 3 aromatic rings. The predicted molar refractivity (Wildman–Crippen MR) is 99.3 cm³/mol. The van der Waals surface area contributed by atoms with Crippen LogP contribution in [-0.2, 0) is 22.7 Å². The minimum absolute atomic E-state index is 0.0483. The van der Waals surface area contributed by atoms with E-state index in [2.05, 4.69) is 10.4 Å². The van der Waals surface area contributed by atoms with Gasteiger partial charge in [0.1, 0.15) is 5.76 Å². The van der Waals surface area contributed by atoms with Crippen LogP contribution < -0.4 is 11.0 Å². The summed E-state index contributed by atoms with van der Waals surface area (Å²) in [6.07, 6.45) is 4.02. The van der Waals surface area contributed by atoms with Crippen LogP contribution in [0.2, 0.25) is 0 Å². The van der Waals surface area contributed by atoms with Gasteiger partial charge in [-0.1, -0.05) is 6.07 Å². The Hall–Kier alpha value is -3.36. The van der Waals surface area contributed by atoms with Crippen molar-refractivity contribution < 1.29 is 14.0 Å². The number of carbonyl (C=O) groups excluding carboxylic acids is 2. The molecule has 0 radical (unpaired) electrons. The summed E-state index contributed by atoms with van der Waals surface area (Å²) in [6, 6.07) is 8.95. The number of fused-ring (bicyclic) bond motifs is 1. The predicted octanol–water partition coefficient (Wildman–Crippen LogP) is 0.644. The van der Waals surface area contributed by atoms with E-state index in [1.54, 1.807) is 35.6 Å². The monoisotopic (exact) mass is 383 g/mol. The molecule has 1 atom stereocenters. The van der Waals surface area contributed by atoms with Gasteiger partial charge in [0, 0.05) is 32.3 Å². The SMILES string of the molecule is O=C(NCCCn1nc2ccccn2c1=O)C1CC(=O)N(Cc2ccco2)C1. The average molecular weight is 383 g/mol. The first kappa shape index (κ1) is 18.0. The number of pyridine rings is 1. The summed E-state index contributed by atoms with van der Waals surface area (Å²) in [5, 5.41) is 7.11. The summed E-state index contributed by atoms with van der Waals surface area (Å²) in [6.45, 7) is 1.60. The first-order valence-electron chi connectivity index (χ1n) is 9.24. The number of carbonyl (C=O) groups is 2. The molecule has 1 aliphatic rings. The zero-order valence-electron chi connectivity index (χ0n) is 15.3. The average Bonchev–Trinajstić information content (AvgIpc) is 3.41. The number of aromatic nitrogens is 3. The van der Waals surface area contributed by atoms with Crippen molar-refractivity contribution in [2.75, 3.05) is 13.1 Å². The van der Waals surface area contributed by atoms with Crippen molar-refractivity contribution in [2.45, 2.75) is 25.9 Å². The van der Waals surface area contributed by atoms with E-state index < -0.39 is 0 Å². The lowest BCUT2D eigenvalue weighted by molar-refractivity contribution is -0.129. The number of nitrogens with zero attached hydrogens (tertiary/aromatic N) is 4. The van der Waals surface area contributed by atoms with Crippen molar-refractivity contribution in [3.8, 4) is 0 Å². The van der Waals surface area contributed by atoms with E-state index in [4.69, 9.17) is 4.42 Å². The smallest absolute Gasteiger partial charge is 0.350 e. The van der Waals surface area contributed by atoms with Crippen LogP contribution in [0, 0.1) is 5.92 Å². The lowest BCUT2D eigenvalue weighted by atomic mass is 10.1. The van der Waals surface area contributed by atoms with E-state index in [9.17, 15) is 14.4 Å². The molecule has 28 heavy (non-hydrogen) atoms. The zero-order chi connectivity index (χ0) is 19.5. The maximum Gasteiger partial charge on any atom is 0.350 e. The van der Waals surface area contributed by atoms with Crippen LogP contribution in [0.4, 0.5) is 0 Å². The van der Waals surface area contributed by atoms with Crippen molar-refractivity contribution in [1.82, 2.24) is 24.4 Å². The number of hydrogen-bond donors (Lipinski definition) is 1. The first-order valence-corrected chi connectivity index (χ1v) is 9.24. The van der Waals surface area contributed by atoms with E-state index in [0.29, 0.717) is 44.0 Å². The van der Waals surface area contributed by atoms with Crippen molar-refractivity contribution in [3.63, 3.8) is 0 Å². The topological polar surface area (TPSA) is 102 Å². The van der Waals surface area contributed by atoms with Gasteiger partial charge in [0.2, 0.25) is 11.8 Å². The molecule has 4 rings (SSSR count). The highest BCUT2D eigenvalue weighted by molar-refractivity contribution is 5.89. The van der Waals surface area contributed by atoms with Crippen molar-refractivity contribution in [2.24, 2.45) is 5.92 Å². The second-order valence-corrected chi connectivity index (χ2v) is 6.83. The molecule has 1 saturated heterocycles. The number of nitrogens with one attached hydrogen (secondary N) is 1. The first-order chi connectivity index (χ1) is 13.6. The van der Waals surface area contributed by atoms with Crippen LogP contribution in [0.5, 0.6) is 0 Å². The van der Waals surface area contributed by atoms with Gasteiger partial charge in [-0.05, 0) is 30.7 Å². The minimum atomic E-state index is -0.361. The Morgan fingerprint density at radius 1 is 1.25 bits per heavy atom. The second-order valence-electron chi connectivity index (χ2n) is 6.83. The highest BCUT2D eigenvalue weighted by Gasteiger charge is 2.34. The largest absolute Gasteiger partial charge is 0.467 e. The quantitative estimate of drug-likeness (QED) is 0.604. The number of hydrogen-bond acceptors (Lipinski definition) is 5. The van der Waals surface area contributed by atoms with Crippen molar-refractivity contribution in [3.05, 3.63) is 59.0 Å². The van der Waals surface area contributed by atoms with E-state index in [0.717, 1.165) is 0 Å². The van der Waals surface area contributed by atoms with Crippen molar-refractivity contribution in [1.29, 1.82) is 0 Å². The van der Waals surface area contributed by atoms with Crippen LogP contribution in [0.3, 0.4) is 0 Å². The van der Waals surface area contributed by atoms with E-state index in [1.807, 2.05) is 12.1 Å². The van der Waals surface area contributed by atoms with Gasteiger partial charge in [-0.3, -0.25) is 14.0 Å². The molecule has 2 amide bonds. The van der Waals surface area contributed by atoms with E-state index in [1.165, 1.54) is 9.08 Å². The Morgan fingerprint density at radius 2 is 2.14 bits per heavy atom. The molecule has 9 heteroatoms. The maximum absolute atomic E-state index is 12.4. The molecule has 0 bridgehead atoms. The summed E-state index contributed by atoms with van der Waals surface area (Å²) >= 11 is 0. The summed E-state index contributed by atoms with van der Waals surface area (Å²) in [5.41, 5.74) is 0.398. The zero-order valence-corrected chi connectivity index (χ0v) is 15.3. The van der Waals surface area contributed by atoms with Crippen LogP contribution in [0.25, 0.3) is 5.65 Å². The van der Waals surface area contributed by atoms with Gasteiger partial charge in [0.25, 0.3) is 0 Å². The van der Waals surface area contributed by atoms with E-state index >= 15 is 0 Å². The van der Waals surface area contributed by atoms with Crippen LogP contribution in [0.15, 0.2) is 52.0 Å². The highest BCUT2D eigenvalue weighted by Crippen LogP contribution is 2.20. The molecule has 9 nitrogen and oxygen atoms in total. The molecule has 146 valence electrons. The Balaban J connectivity index is 1.25. The molecule has 1 N–H and O–H groups in total. The maximum atomic E-state index is 12.4. The third kappa shape index (κ3) is 3.68. The number of rotatable bonds is 7. The second kappa shape index (κ2) is 7.71. The molecule has 0 saturated carbocycles. The molecular weight excluding hydrogens is 362 g/mol. The van der Waals surface area contributed by atoms with Crippen LogP contribution >= 0.6 is 0 Å². The fourth-order valence-electron chi connectivity index (χ4n) is 3.39. The summed E-state index contributed by atoms with van der Waals surface area (Å²) in [5.74, 6) is 0.151. The van der Waals surface area contributed by atoms with Gasteiger partial charge >= 0.3 is 5.69 Å². The Labute approximate surface area is 160 Å². The standard InChI is InChI=1S/C19H21N5O4/c25-17-11-14(12-22(17)13-15-5-3-10-28-15)18(26)20-7-4-9-24-19(27)23-8-2-1-6-16(23)21-24/h1-3,5-6,8,10,14H,4,7,9,11-13H2,(H,20,26). The Bertz CT molecular complexity index is 1040. The molecular formula is C19H21N5O4. The molecule has 0 spiro atoms. The number of aryl methyl sites for hydroxylation is 1. The molecule has 0 aromatic carbocycles. The third-order valence-corrected chi connectivity index (χ3v) is 4.85. The minimum Gasteiger partial charge on any atom is -0.467 e. The molecule has 1 aliphatic heterocycles. The van der Waals surface area contributed by atoms with Gasteiger partial charge in [0.15, 0.2) is 5.65 Å². The molecule has 1 unspecified atom stereocenters. The van der Waals surface area contributed by atoms with Gasteiger partial charge < -0.3 is 14.6 Å². The molecule has 1 fully saturated rings. The van der Waals surface area contributed by atoms with Crippen LogP contribution in [0.1, 0.15) is 18.6 Å². The fraction of sp³-hybridized carbons (Fsp3) is 0.368. The van der Waals surface area contributed by atoms with Gasteiger partial charge in [0.05, 0.1) is 18.7 Å². The number of likely N-dealkylation sites (tertiary alicyclic amines) is 1. The van der Waals surface area contributed by atoms with Crippen molar-refractivity contribution >= 4 is 17.5 Å². The molecule has 4 heterocycles. The van der Waals surface area contributed by atoms with Gasteiger partial charge in [-0.15, -0.1) is 5.10 Å². The number of amides is 2. The third-order valence-electron chi connectivity index (χ3n) is 4.85. The summed E-state index contributed by atoms with van der Waals surface area (Å²) < 4.78 is 8.14. The number of furan rings is 1. The van der Waals surface area contributed by atoms with Gasteiger partial charge in [-0.25, -0.2) is 9.48 Å². The summed E-state index contributed by atoms with van der Waals surface area (Å²) in [7, 11) is 0. The highest BCUT2D eigenvalue weighted by atomic mass is 16.3. The summed E-state index contributed by atoms with van der Waals surface area (Å²) in [4.78, 5) is 38.3. The van der Waals surface area contributed by atoms with Gasteiger partial charge in [-0.2, -0.15) is 0 Å². The lowest BCUT2D eigenvalue weighted by Gasteiger charge is -2.15.